The van der Waals surface area contributed by atoms with Crippen LogP contribution in [0.3, 0.4) is 0 Å². The van der Waals surface area contributed by atoms with E-state index in [1.165, 1.54) is 17.6 Å². The molecule has 0 heterocycles. The van der Waals surface area contributed by atoms with E-state index < -0.39 is 20.2 Å². The Balaban J connectivity index is 0.000000298. The molecule has 3 aromatic carbocycles. The molecule has 3 rings (SSSR count). The molecule has 0 amide bonds. The summed E-state index contributed by atoms with van der Waals surface area (Å²) in [5.74, 6) is -0.347. The van der Waals surface area contributed by atoms with Crippen LogP contribution in [-0.4, -0.2) is 33.3 Å². The number of esters is 1. The quantitative estimate of drug-likeness (QED) is 0.345. The second-order valence-corrected chi connectivity index (χ2v) is 12.0. The third-order valence-corrected chi connectivity index (χ3v) is 10.6. The molecule has 0 unspecified atom stereocenters. The van der Waals surface area contributed by atoms with Gasteiger partial charge in [-0.3, -0.25) is 0 Å². The summed E-state index contributed by atoms with van der Waals surface area (Å²) < 4.78 is 8.82. The fourth-order valence-corrected chi connectivity index (χ4v) is 8.93. The van der Waals surface area contributed by atoms with Gasteiger partial charge in [-0.25, -0.2) is 4.79 Å². The molecule has 0 aliphatic heterocycles. The Bertz CT molecular complexity index is 721. The molecular weight excluding hydrogens is 430 g/mol. The van der Waals surface area contributed by atoms with Gasteiger partial charge in [0.1, 0.15) is 0 Å². The van der Waals surface area contributed by atoms with Gasteiger partial charge in [-0.2, -0.15) is 0 Å². The normalized spacial score (nSPS) is 9.81. The number of carbonyl (C=O) groups excluding carboxylic acids is 1. The third kappa shape index (κ3) is 5.89. The molecule has 0 N–H and O–H groups in total. The van der Waals surface area contributed by atoms with Gasteiger partial charge in [0.2, 0.25) is 0 Å². The molecule has 0 bridgehead atoms. The minimum absolute atomic E-state index is 0.347. The van der Waals surface area contributed by atoms with Crippen LogP contribution in [0, 0.1) is 0 Å². The zero-order chi connectivity index (χ0) is 18.8. The zero-order valence-corrected chi connectivity index (χ0v) is 17.7. The van der Waals surface area contributed by atoms with Crippen LogP contribution in [0.25, 0.3) is 0 Å². The van der Waals surface area contributed by atoms with Crippen LogP contribution in [0.15, 0.2) is 103 Å². The molecule has 132 valence electrons. The van der Waals surface area contributed by atoms with Crippen molar-refractivity contribution in [2.75, 3.05) is 7.11 Å². The Morgan fingerprint density at radius 2 is 1.04 bits per heavy atom. The Morgan fingerprint density at radius 1 is 0.731 bits per heavy atom. The number of ether oxygens (including phenoxy) is 1. The van der Waals surface area contributed by atoms with Gasteiger partial charge in [0.25, 0.3) is 0 Å². The predicted molar refractivity (Wildman–Crippen MR) is 111 cm³/mol. The van der Waals surface area contributed by atoms with Crippen molar-refractivity contribution in [1.82, 2.24) is 0 Å². The molecular formula is C23H23O2Sb. The molecule has 0 saturated carbocycles. The van der Waals surface area contributed by atoms with E-state index in [1.54, 1.807) is 6.92 Å². The first-order valence-corrected chi connectivity index (χ1v) is 12.2. The van der Waals surface area contributed by atoms with Crippen LogP contribution in [0.5, 0.6) is 0 Å². The van der Waals surface area contributed by atoms with Crippen LogP contribution in [-0.2, 0) is 9.53 Å². The Kier molecular flexibility index (Phi) is 8.18. The van der Waals surface area contributed by atoms with E-state index in [2.05, 4.69) is 102 Å². The van der Waals surface area contributed by atoms with Gasteiger partial charge >= 0.3 is 128 Å². The summed E-state index contributed by atoms with van der Waals surface area (Å²) in [7, 11) is 1.33. The number of hydrogen-bond acceptors (Lipinski definition) is 2. The van der Waals surface area contributed by atoms with E-state index in [-0.39, 0.29) is 5.97 Å². The summed E-state index contributed by atoms with van der Waals surface area (Å²) in [6.07, 6.45) is 0. The molecule has 0 aliphatic carbocycles. The van der Waals surface area contributed by atoms with Crippen molar-refractivity contribution < 1.29 is 9.53 Å². The molecule has 2 nitrogen and oxygen atoms in total. The molecule has 3 heteroatoms. The first-order chi connectivity index (χ1) is 12.6. The summed E-state index contributed by atoms with van der Waals surface area (Å²) in [6, 6.07) is 32.9. The summed E-state index contributed by atoms with van der Waals surface area (Å²) in [5, 5.41) is 0. The van der Waals surface area contributed by atoms with Crippen molar-refractivity contribution in [3.05, 3.63) is 103 Å². The first kappa shape index (κ1) is 20.0. The summed E-state index contributed by atoms with van der Waals surface area (Å²) in [5.41, 5.74) is 0.433. The van der Waals surface area contributed by atoms with Crippen LogP contribution in [0.4, 0.5) is 0 Å². The Labute approximate surface area is 163 Å². The molecule has 0 aliphatic rings. The average molecular weight is 453 g/mol. The Morgan fingerprint density at radius 3 is 1.23 bits per heavy atom. The molecule has 3 aromatic rings. The molecule has 0 atom stereocenters. The number of rotatable bonds is 4. The minimum atomic E-state index is -1.83. The molecule has 26 heavy (non-hydrogen) atoms. The van der Waals surface area contributed by atoms with Gasteiger partial charge in [0, 0.05) is 5.57 Å². The second kappa shape index (κ2) is 10.6. The monoisotopic (exact) mass is 452 g/mol. The molecule has 0 fully saturated rings. The standard InChI is InChI=1S/3C6H5.C5H8O2.Sb/c3*1-2-4-6-5-3-1;1-4(2)5(6)7-3;/h3*1-5H;1H2,2-3H3;. The fourth-order valence-electron chi connectivity index (χ4n) is 2.35. The van der Waals surface area contributed by atoms with Crippen LogP contribution in [0.1, 0.15) is 6.92 Å². The Hall–Kier alpha value is -2.31. The van der Waals surface area contributed by atoms with Crippen molar-refractivity contribution >= 4 is 36.7 Å². The summed E-state index contributed by atoms with van der Waals surface area (Å²) in [6.45, 7) is 4.95. The van der Waals surface area contributed by atoms with Gasteiger partial charge < -0.3 is 4.74 Å². The van der Waals surface area contributed by atoms with Gasteiger partial charge in [-0.15, -0.1) is 0 Å². The van der Waals surface area contributed by atoms with Crippen molar-refractivity contribution in [2.45, 2.75) is 6.92 Å². The van der Waals surface area contributed by atoms with E-state index in [0.29, 0.717) is 5.57 Å². The molecule has 0 aromatic heterocycles. The summed E-state index contributed by atoms with van der Waals surface area (Å²) in [4.78, 5) is 10.2. The number of benzene rings is 3. The molecule has 0 radical (unpaired) electrons. The van der Waals surface area contributed by atoms with E-state index >= 15 is 0 Å². The van der Waals surface area contributed by atoms with Gasteiger partial charge in [0.15, 0.2) is 0 Å². The van der Waals surface area contributed by atoms with Crippen molar-refractivity contribution in [3.63, 3.8) is 0 Å². The van der Waals surface area contributed by atoms with Gasteiger partial charge in [-0.05, 0) is 6.92 Å². The SMILES string of the molecule is C=C(C)C(=O)OC.c1cc[c]([Sb]([c]2ccccc2)[c]2ccccc2)cc1. The average Bonchev–Trinajstić information content (AvgIpc) is 2.70. The number of methoxy groups -OCH3 is 1. The molecule has 0 spiro atoms. The maximum atomic E-state index is 10.2. The number of carbonyl (C=O) groups is 1. The van der Waals surface area contributed by atoms with Gasteiger partial charge in [0.05, 0.1) is 7.11 Å². The van der Waals surface area contributed by atoms with E-state index in [4.69, 9.17) is 0 Å². The van der Waals surface area contributed by atoms with Crippen molar-refractivity contribution in [2.24, 2.45) is 0 Å². The third-order valence-electron chi connectivity index (χ3n) is 3.58. The van der Waals surface area contributed by atoms with Gasteiger partial charge in [-0.1, -0.05) is 6.58 Å². The van der Waals surface area contributed by atoms with E-state index in [0.717, 1.165) is 0 Å². The topological polar surface area (TPSA) is 26.3 Å². The second-order valence-electron chi connectivity index (χ2n) is 5.61. The molecule has 0 saturated heterocycles. The van der Waals surface area contributed by atoms with Crippen LogP contribution < -0.4 is 10.5 Å². The van der Waals surface area contributed by atoms with Crippen LogP contribution in [0.2, 0.25) is 0 Å². The first-order valence-electron chi connectivity index (χ1n) is 8.32. The van der Waals surface area contributed by atoms with Crippen molar-refractivity contribution in [3.8, 4) is 0 Å². The zero-order valence-electron chi connectivity index (χ0n) is 15.1. The predicted octanol–water partition coefficient (Wildman–Crippen LogP) is 2.94. The van der Waals surface area contributed by atoms with Crippen molar-refractivity contribution in [1.29, 1.82) is 0 Å². The fraction of sp³-hybridized carbons (Fsp3) is 0.0870. The van der Waals surface area contributed by atoms with Crippen LogP contribution >= 0.6 is 0 Å². The maximum absolute atomic E-state index is 10.2. The summed E-state index contributed by atoms with van der Waals surface area (Å²) >= 11 is -1.83. The number of hydrogen-bond donors (Lipinski definition) is 0. The van der Waals surface area contributed by atoms with E-state index in [9.17, 15) is 4.79 Å². The van der Waals surface area contributed by atoms with E-state index in [1.807, 2.05) is 0 Å².